The van der Waals surface area contributed by atoms with Gasteiger partial charge in [0.1, 0.15) is 0 Å². The molecule has 0 aliphatic carbocycles. The van der Waals surface area contributed by atoms with Gasteiger partial charge in [0.25, 0.3) is 0 Å². The predicted octanol–water partition coefficient (Wildman–Crippen LogP) is 2.20. The molecular formula is C12H16ClNO3. The normalized spacial score (nSPS) is 10.4. The van der Waals surface area contributed by atoms with Crippen molar-refractivity contribution < 1.29 is 14.6 Å². The summed E-state index contributed by atoms with van der Waals surface area (Å²) in [5.41, 5.74) is 6.71. The number of hydrogen-bond donors (Lipinski definition) is 2. The van der Waals surface area contributed by atoms with E-state index in [1.54, 1.807) is 13.8 Å². The van der Waals surface area contributed by atoms with Crippen molar-refractivity contribution in [2.45, 2.75) is 20.3 Å². The van der Waals surface area contributed by atoms with Gasteiger partial charge in [0.2, 0.25) is 0 Å². The van der Waals surface area contributed by atoms with E-state index in [9.17, 15) is 9.90 Å². The van der Waals surface area contributed by atoms with Crippen LogP contribution in [0, 0.1) is 13.8 Å². The minimum absolute atomic E-state index is 0.162. The third kappa shape index (κ3) is 2.37. The molecule has 3 N–H and O–H groups in total. The molecule has 5 heteroatoms. The van der Waals surface area contributed by atoms with Crippen LogP contribution in [-0.4, -0.2) is 24.5 Å². The van der Waals surface area contributed by atoms with Crippen LogP contribution in [0.25, 0.3) is 0 Å². The first-order valence-electron chi connectivity index (χ1n) is 5.24. The quantitative estimate of drug-likeness (QED) is 0.811. The van der Waals surface area contributed by atoms with Crippen molar-refractivity contribution in [2.75, 3.05) is 13.7 Å². The predicted molar refractivity (Wildman–Crippen MR) is 67.1 cm³/mol. The largest absolute Gasteiger partial charge is 0.504 e. The Morgan fingerprint density at radius 2 is 2.00 bits per heavy atom. The Morgan fingerprint density at radius 1 is 1.41 bits per heavy atom. The van der Waals surface area contributed by atoms with Gasteiger partial charge in [0.05, 0.1) is 17.7 Å². The number of hydrogen-bond acceptors (Lipinski definition) is 4. The van der Waals surface area contributed by atoms with Crippen LogP contribution in [0.1, 0.15) is 27.9 Å². The number of aromatic hydroxyl groups is 1. The van der Waals surface area contributed by atoms with Gasteiger partial charge in [0, 0.05) is 12.0 Å². The zero-order valence-corrected chi connectivity index (χ0v) is 10.9. The van der Waals surface area contributed by atoms with E-state index in [4.69, 9.17) is 22.1 Å². The van der Waals surface area contributed by atoms with Gasteiger partial charge in [0.15, 0.2) is 17.3 Å². The van der Waals surface area contributed by atoms with Crippen LogP contribution < -0.4 is 10.5 Å². The highest BCUT2D eigenvalue weighted by Gasteiger charge is 2.23. The van der Waals surface area contributed by atoms with E-state index in [1.165, 1.54) is 7.11 Å². The van der Waals surface area contributed by atoms with Gasteiger partial charge in [-0.1, -0.05) is 11.6 Å². The number of ether oxygens (including phenoxy) is 1. The molecule has 0 aliphatic rings. The van der Waals surface area contributed by atoms with Gasteiger partial charge < -0.3 is 15.6 Å². The van der Waals surface area contributed by atoms with E-state index < -0.39 is 0 Å². The van der Waals surface area contributed by atoms with E-state index in [2.05, 4.69) is 0 Å². The molecule has 0 bridgehead atoms. The number of methoxy groups -OCH3 is 1. The molecule has 1 aromatic carbocycles. The molecule has 0 aliphatic heterocycles. The Labute approximate surface area is 105 Å². The summed E-state index contributed by atoms with van der Waals surface area (Å²) in [6.45, 7) is 3.65. The lowest BCUT2D eigenvalue weighted by atomic mass is 9.98. The molecule has 0 fully saturated rings. The lowest BCUT2D eigenvalue weighted by molar-refractivity contribution is 0.0981. The van der Waals surface area contributed by atoms with Crippen molar-refractivity contribution in [1.29, 1.82) is 0 Å². The molecule has 0 saturated carbocycles. The fourth-order valence-corrected chi connectivity index (χ4v) is 1.99. The van der Waals surface area contributed by atoms with E-state index in [0.29, 0.717) is 16.1 Å². The Morgan fingerprint density at radius 3 is 2.47 bits per heavy atom. The molecule has 0 heterocycles. The number of halogens is 1. The summed E-state index contributed by atoms with van der Waals surface area (Å²) >= 11 is 6.11. The number of carbonyl (C=O) groups is 1. The average molecular weight is 258 g/mol. The lowest BCUT2D eigenvalue weighted by Crippen LogP contribution is -2.11. The second-order valence-corrected chi connectivity index (χ2v) is 4.16. The number of ketones is 1. The average Bonchev–Trinajstić information content (AvgIpc) is 2.27. The Kier molecular flexibility index (Phi) is 4.37. The highest BCUT2D eigenvalue weighted by Crippen LogP contribution is 2.41. The Bertz CT molecular complexity index is 458. The van der Waals surface area contributed by atoms with E-state index in [1.807, 2.05) is 0 Å². The van der Waals surface area contributed by atoms with E-state index >= 15 is 0 Å². The Balaban J connectivity index is 3.50. The van der Waals surface area contributed by atoms with Crippen molar-refractivity contribution in [3.63, 3.8) is 0 Å². The summed E-state index contributed by atoms with van der Waals surface area (Å²) in [6, 6.07) is 0. The molecule has 0 unspecified atom stereocenters. The molecule has 0 saturated heterocycles. The van der Waals surface area contributed by atoms with Gasteiger partial charge >= 0.3 is 0 Å². The molecule has 0 radical (unpaired) electrons. The number of Topliss-reactive ketones (excluding diaryl/α,β-unsaturated/α-hetero) is 1. The highest BCUT2D eigenvalue weighted by molar-refractivity contribution is 6.33. The summed E-state index contributed by atoms with van der Waals surface area (Å²) in [5, 5.41) is 10.5. The van der Waals surface area contributed by atoms with Gasteiger partial charge in [-0.3, -0.25) is 4.79 Å². The minimum Gasteiger partial charge on any atom is -0.504 e. The van der Waals surface area contributed by atoms with Crippen LogP contribution >= 0.6 is 11.6 Å². The topological polar surface area (TPSA) is 72.5 Å². The van der Waals surface area contributed by atoms with Gasteiger partial charge in [-0.15, -0.1) is 0 Å². The van der Waals surface area contributed by atoms with Crippen LogP contribution in [0.5, 0.6) is 11.5 Å². The highest BCUT2D eigenvalue weighted by atomic mass is 35.5. The smallest absolute Gasteiger partial charge is 0.169 e. The van der Waals surface area contributed by atoms with Gasteiger partial charge in [-0.2, -0.15) is 0 Å². The van der Waals surface area contributed by atoms with Gasteiger partial charge in [-0.25, -0.2) is 0 Å². The molecule has 0 amide bonds. The van der Waals surface area contributed by atoms with Crippen LogP contribution in [0.3, 0.4) is 0 Å². The second-order valence-electron chi connectivity index (χ2n) is 3.78. The van der Waals surface area contributed by atoms with Crippen molar-refractivity contribution in [2.24, 2.45) is 5.73 Å². The monoisotopic (exact) mass is 257 g/mol. The number of benzene rings is 1. The van der Waals surface area contributed by atoms with E-state index in [-0.39, 0.29) is 35.8 Å². The van der Waals surface area contributed by atoms with Crippen molar-refractivity contribution >= 4 is 17.4 Å². The van der Waals surface area contributed by atoms with Crippen LogP contribution in [0.15, 0.2) is 0 Å². The summed E-state index contributed by atoms with van der Waals surface area (Å²) in [6.07, 6.45) is 0.164. The molecule has 1 aromatic rings. The molecular weight excluding hydrogens is 242 g/mol. The van der Waals surface area contributed by atoms with Crippen LogP contribution in [0.2, 0.25) is 5.02 Å². The molecule has 94 valence electrons. The number of phenols is 1. The summed E-state index contributed by atoms with van der Waals surface area (Å²) in [4.78, 5) is 11.9. The zero-order chi connectivity index (χ0) is 13.2. The van der Waals surface area contributed by atoms with Crippen molar-refractivity contribution in [3.05, 3.63) is 21.7 Å². The Hall–Kier alpha value is -1.26. The summed E-state index contributed by atoms with van der Waals surface area (Å²) in [5.74, 6) is -0.158. The standard InChI is InChI=1S/C12H16ClNO3/c1-6-9(8(15)4-5-14)11(16)12(17-3)7(2)10(6)13/h16H,4-5,14H2,1-3H3. The molecule has 0 spiro atoms. The molecule has 0 aromatic heterocycles. The molecule has 4 nitrogen and oxygen atoms in total. The first-order chi connectivity index (χ1) is 7.95. The lowest BCUT2D eigenvalue weighted by Gasteiger charge is -2.15. The minimum atomic E-state index is -0.234. The maximum atomic E-state index is 11.9. The third-order valence-corrected chi connectivity index (χ3v) is 3.25. The van der Waals surface area contributed by atoms with Crippen molar-refractivity contribution in [3.8, 4) is 11.5 Å². The molecule has 17 heavy (non-hydrogen) atoms. The first kappa shape index (κ1) is 13.8. The SMILES string of the molecule is COc1c(C)c(Cl)c(C)c(C(=O)CCN)c1O. The number of rotatable bonds is 4. The molecule has 0 atom stereocenters. The van der Waals surface area contributed by atoms with E-state index in [0.717, 1.165) is 0 Å². The first-order valence-corrected chi connectivity index (χ1v) is 5.62. The van der Waals surface area contributed by atoms with Crippen molar-refractivity contribution in [1.82, 2.24) is 0 Å². The fourth-order valence-electron chi connectivity index (χ4n) is 1.81. The fraction of sp³-hybridized carbons (Fsp3) is 0.417. The third-order valence-electron chi connectivity index (χ3n) is 2.68. The van der Waals surface area contributed by atoms with Crippen LogP contribution in [-0.2, 0) is 0 Å². The number of carbonyl (C=O) groups excluding carboxylic acids is 1. The van der Waals surface area contributed by atoms with Gasteiger partial charge in [-0.05, 0) is 26.0 Å². The maximum absolute atomic E-state index is 11.9. The number of nitrogens with two attached hydrogens (primary N) is 1. The zero-order valence-electron chi connectivity index (χ0n) is 10.1. The van der Waals surface area contributed by atoms with Crippen LogP contribution in [0.4, 0.5) is 0 Å². The maximum Gasteiger partial charge on any atom is 0.169 e. The molecule has 1 rings (SSSR count). The number of phenolic OH excluding ortho intramolecular Hbond substituents is 1. The summed E-state index contributed by atoms with van der Waals surface area (Å²) in [7, 11) is 1.42. The summed E-state index contributed by atoms with van der Waals surface area (Å²) < 4.78 is 5.06. The second kappa shape index (κ2) is 5.38.